The van der Waals surface area contributed by atoms with Gasteiger partial charge in [-0.2, -0.15) is 11.8 Å². The van der Waals surface area contributed by atoms with Gasteiger partial charge in [0.2, 0.25) is 0 Å². The Bertz CT molecular complexity index is 1050. The van der Waals surface area contributed by atoms with E-state index in [9.17, 15) is 14.9 Å². The molecule has 1 amide bonds. The van der Waals surface area contributed by atoms with E-state index >= 15 is 0 Å². The van der Waals surface area contributed by atoms with Gasteiger partial charge in [-0.25, -0.2) is 0 Å². The molecule has 5 nitrogen and oxygen atoms in total. The van der Waals surface area contributed by atoms with Gasteiger partial charge in [0.15, 0.2) is 0 Å². The van der Waals surface area contributed by atoms with Crippen LogP contribution in [0.4, 0.5) is 5.69 Å². The third kappa shape index (κ3) is 6.98. The number of nitrogens with zero attached hydrogens (tertiary/aromatic N) is 1. The second-order valence-electron chi connectivity index (χ2n) is 6.71. The van der Waals surface area contributed by atoms with Crippen molar-refractivity contribution in [3.63, 3.8) is 0 Å². The molecule has 0 saturated carbocycles. The van der Waals surface area contributed by atoms with Gasteiger partial charge in [-0.15, -0.1) is 0 Å². The third-order valence-electron chi connectivity index (χ3n) is 4.46. The van der Waals surface area contributed by atoms with Gasteiger partial charge >= 0.3 is 0 Å². The zero-order valence-corrected chi connectivity index (χ0v) is 18.2. The maximum atomic E-state index is 12.9. The fourth-order valence-electron chi connectivity index (χ4n) is 2.86. The highest BCUT2D eigenvalue weighted by atomic mass is 35.5. The lowest BCUT2D eigenvalue weighted by molar-refractivity contribution is -0.384. The van der Waals surface area contributed by atoms with Crippen molar-refractivity contribution < 1.29 is 9.72 Å². The minimum Gasteiger partial charge on any atom is -0.351 e. The zero-order chi connectivity index (χ0) is 22.1. The van der Waals surface area contributed by atoms with Gasteiger partial charge in [-0.3, -0.25) is 14.9 Å². The zero-order valence-electron chi connectivity index (χ0n) is 16.7. The second kappa shape index (κ2) is 11.3. The Morgan fingerprint density at radius 3 is 2.32 bits per heavy atom. The lowest BCUT2D eigenvalue weighted by Crippen LogP contribution is -2.26. The number of carbonyl (C=O) groups excluding carboxylic acids is 1. The highest BCUT2D eigenvalue weighted by molar-refractivity contribution is 7.98. The number of nitro benzene ring substituents is 1. The number of nitrogens with one attached hydrogen (secondary N) is 1. The number of non-ortho nitro benzene ring substituents is 1. The average Bonchev–Trinajstić information content (AvgIpc) is 2.79. The molecule has 3 rings (SSSR count). The first-order chi connectivity index (χ1) is 15.0. The van der Waals surface area contributed by atoms with E-state index in [4.69, 9.17) is 11.6 Å². The van der Waals surface area contributed by atoms with Gasteiger partial charge in [0.05, 0.1) is 4.92 Å². The summed E-state index contributed by atoms with van der Waals surface area (Å²) in [7, 11) is 0. The molecular weight excluding hydrogens is 432 g/mol. The Hall–Kier alpha value is -3.09. The molecule has 0 aromatic heterocycles. The minimum absolute atomic E-state index is 0.0144. The largest absolute Gasteiger partial charge is 0.351 e. The number of thioether (sulfide) groups is 1. The van der Waals surface area contributed by atoms with Crippen LogP contribution in [0, 0.1) is 10.1 Å². The number of rotatable bonds is 9. The van der Waals surface area contributed by atoms with Crippen molar-refractivity contribution in [3.8, 4) is 0 Å². The molecule has 0 aliphatic carbocycles. The van der Waals surface area contributed by atoms with Crippen molar-refractivity contribution in [1.82, 2.24) is 5.32 Å². The van der Waals surface area contributed by atoms with Gasteiger partial charge in [-0.05, 0) is 47.0 Å². The molecule has 0 aliphatic heterocycles. The van der Waals surface area contributed by atoms with E-state index in [0.717, 1.165) is 22.6 Å². The van der Waals surface area contributed by atoms with Crippen LogP contribution >= 0.6 is 23.4 Å². The Labute approximate surface area is 190 Å². The molecule has 0 radical (unpaired) electrons. The van der Waals surface area contributed by atoms with E-state index in [2.05, 4.69) is 5.32 Å². The van der Waals surface area contributed by atoms with Crippen LogP contribution in [0.5, 0.6) is 0 Å². The summed E-state index contributed by atoms with van der Waals surface area (Å²) in [6.45, 7) is 0.529. The molecule has 3 aromatic carbocycles. The Morgan fingerprint density at radius 1 is 1.00 bits per heavy atom. The molecule has 31 heavy (non-hydrogen) atoms. The van der Waals surface area contributed by atoms with E-state index in [-0.39, 0.29) is 11.6 Å². The third-order valence-corrected chi connectivity index (χ3v) is 5.74. The number of carbonyl (C=O) groups is 1. The van der Waals surface area contributed by atoms with Crippen molar-refractivity contribution in [2.24, 2.45) is 0 Å². The topological polar surface area (TPSA) is 72.2 Å². The molecule has 0 unspecified atom stereocenters. The van der Waals surface area contributed by atoms with Crippen LogP contribution in [0.25, 0.3) is 11.6 Å². The van der Waals surface area contributed by atoms with Crippen LogP contribution in [0.15, 0.2) is 78.9 Å². The van der Waals surface area contributed by atoms with Crippen LogP contribution in [0.1, 0.15) is 16.7 Å². The fourth-order valence-corrected chi connectivity index (χ4v) is 3.80. The number of amides is 1. The predicted molar refractivity (Wildman–Crippen MR) is 128 cm³/mol. The quantitative estimate of drug-likeness (QED) is 0.145. The molecule has 3 aromatic rings. The van der Waals surface area contributed by atoms with Crippen molar-refractivity contribution in [2.75, 3.05) is 12.3 Å². The van der Waals surface area contributed by atoms with Gasteiger partial charge in [0.25, 0.3) is 11.6 Å². The summed E-state index contributed by atoms with van der Waals surface area (Å²) in [6.07, 6.45) is 1.75. The van der Waals surface area contributed by atoms with E-state index in [1.807, 2.05) is 54.6 Å². The lowest BCUT2D eigenvalue weighted by atomic mass is 10.0. The van der Waals surface area contributed by atoms with Gasteiger partial charge in [0.1, 0.15) is 0 Å². The van der Waals surface area contributed by atoms with Gasteiger partial charge in [-0.1, -0.05) is 54.1 Å². The summed E-state index contributed by atoms with van der Waals surface area (Å²) in [5.41, 5.74) is 3.21. The number of hydrogen-bond donors (Lipinski definition) is 1. The molecule has 0 spiro atoms. The molecule has 0 atom stereocenters. The first-order valence-corrected chi connectivity index (χ1v) is 11.2. The van der Waals surface area contributed by atoms with Gasteiger partial charge in [0, 0.05) is 40.8 Å². The maximum Gasteiger partial charge on any atom is 0.269 e. The molecule has 0 bridgehead atoms. The number of nitro groups is 1. The second-order valence-corrected chi connectivity index (χ2v) is 8.25. The Balaban J connectivity index is 1.63. The van der Waals surface area contributed by atoms with Crippen molar-refractivity contribution in [2.45, 2.75) is 5.75 Å². The smallest absolute Gasteiger partial charge is 0.269 e. The van der Waals surface area contributed by atoms with Crippen LogP contribution in [0.3, 0.4) is 0 Å². The van der Waals surface area contributed by atoms with E-state index in [1.165, 1.54) is 17.7 Å². The highest BCUT2D eigenvalue weighted by Gasteiger charge is 2.12. The number of halogens is 1. The summed E-state index contributed by atoms with van der Waals surface area (Å²) in [5, 5.41) is 14.5. The summed E-state index contributed by atoms with van der Waals surface area (Å²) < 4.78 is 0. The van der Waals surface area contributed by atoms with Crippen LogP contribution in [-0.4, -0.2) is 23.1 Å². The summed E-state index contributed by atoms with van der Waals surface area (Å²) in [5.74, 6) is 1.43. The standard InChI is InChI=1S/C24H21ClN2O3S/c25-21-10-6-19(7-11-21)17-31-15-14-26-24(28)23(20-4-2-1-3-5-20)16-18-8-12-22(13-9-18)27(29)30/h1-13,16H,14-15,17H2,(H,26,28)/b23-16+. The molecule has 0 fully saturated rings. The molecule has 0 saturated heterocycles. The van der Waals surface area contributed by atoms with E-state index < -0.39 is 4.92 Å². The summed E-state index contributed by atoms with van der Waals surface area (Å²) in [4.78, 5) is 23.3. The van der Waals surface area contributed by atoms with E-state index in [0.29, 0.717) is 17.1 Å². The van der Waals surface area contributed by atoms with Crippen LogP contribution < -0.4 is 5.32 Å². The van der Waals surface area contributed by atoms with E-state index in [1.54, 1.807) is 30.0 Å². The fraction of sp³-hybridized carbons (Fsp3) is 0.125. The Kier molecular flexibility index (Phi) is 8.27. The monoisotopic (exact) mass is 452 g/mol. The van der Waals surface area contributed by atoms with Crippen molar-refractivity contribution in [3.05, 3.63) is 111 Å². The highest BCUT2D eigenvalue weighted by Crippen LogP contribution is 2.21. The SMILES string of the molecule is O=C(NCCSCc1ccc(Cl)cc1)/C(=C/c1ccc([N+](=O)[O-])cc1)c1ccccc1. The molecule has 0 aliphatic rings. The molecule has 1 N–H and O–H groups in total. The van der Waals surface area contributed by atoms with Crippen LogP contribution in [0.2, 0.25) is 5.02 Å². The number of benzene rings is 3. The summed E-state index contributed by atoms with van der Waals surface area (Å²) in [6, 6.07) is 23.2. The Morgan fingerprint density at radius 2 is 1.68 bits per heavy atom. The van der Waals surface area contributed by atoms with Crippen molar-refractivity contribution >= 4 is 46.6 Å². The van der Waals surface area contributed by atoms with Crippen molar-refractivity contribution in [1.29, 1.82) is 0 Å². The van der Waals surface area contributed by atoms with Crippen LogP contribution in [-0.2, 0) is 10.5 Å². The molecule has 7 heteroatoms. The first kappa shape index (κ1) is 22.6. The minimum atomic E-state index is -0.444. The molecule has 0 heterocycles. The maximum absolute atomic E-state index is 12.9. The summed E-state index contributed by atoms with van der Waals surface area (Å²) >= 11 is 7.63. The van der Waals surface area contributed by atoms with Gasteiger partial charge < -0.3 is 5.32 Å². The lowest BCUT2D eigenvalue weighted by Gasteiger charge is -2.10. The molecule has 158 valence electrons. The average molecular weight is 453 g/mol. The molecular formula is C24H21ClN2O3S. The first-order valence-electron chi connectivity index (χ1n) is 9.65. The number of hydrogen-bond acceptors (Lipinski definition) is 4. The predicted octanol–water partition coefficient (Wildman–Crippen LogP) is 5.84. The normalized spacial score (nSPS) is 11.2.